The third-order valence-electron chi connectivity index (χ3n) is 6.36. The lowest BCUT2D eigenvalue weighted by atomic mass is 10.1. The van der Waals surface area contributed by atoms with Crippen molar-refractivity contribution < 1.29 is 14.6 Å². The van der Waals surface area contributed by atoms with Crippen LogP contribution >= 0.6 is 11.3 Å². The van der Waals surface area contributed by atoms with Crippen LogP contribution in [0.1, 0.15) is 10.5 Å². The van der Waals surface area contributed by atoms with Gasteiger partial charge in [0.25, 0.3) is 5.91 Å². The quantitative estimate of drug-likeness (QED) is 0.335. The van der Waals surface area contributed by atoms with Gasteiger partial charge >= 0.3 is 0 Å². The molecule has 10 heteroatoms. The lowest BCUT2D eigenvalue weighted by Gasteiger charge is -2.32. The zero-order valence-electron chi connectivity index (χ0n) is 19.6. The smallest absolute Gasteiger partial charge is 0.275 e. The van der Waals surface area contributed by atoms with E-state index in [1.54, 1.807) is 35.5 Å². The number of anilines is 2. The average molecular weight is 501 g/mol. The Morgan fingerprint density at radius 1 is 1.17 bits per heavy atom. The molecule has 0 atom stereocenters. The van der Waals surface area contributed by atoms with Gasteiger partial charge in [-0.15, -0.1) is 11.3 Å². The minimum atomic E-state index is -0.330. The Morgan fingerprint density at radius 2 is 2.00 bits per heavy atom. The number of benzene rings is 2. The highest BCUT2D eigenvalue weighted by molar-refractivity contribution is 7.12. The van der Waals surface area contributed by atoms with E-state index in [1.165, 1.54) is 11.3 Å². The van der Waals surface area contributed by atoms with Gasteiger partial charge in [-0.25, -0.2) is 4.98 Å². The van der Waals surface area contributed by atoms with Crippen molar-refractivity contribution in [2.75, 3.05) is 43.5 Å². The molecule has 2 aromatic carbocycles. The van der Waals surface area contributed by atoms with E-state index in [1.807, 2.05) is 36.4 Å². The van der Waals surface area contributed by atoms with Gasteiger partial charge in [0.1, 0.15) is 11.4 Å². The summed E-state index contributed by atoms with van der Waals surface area (Å²) in [6.07, 6.45) is 3.50. The number of nitrogens with one attached hydrogen (secondary N) is 2. The fourth-order valence-corrected chi connectivity index (χ4v) is 5.34. The highest BCUT2D eigenvalue weighted by Gasteiger charge is 2.21. The highest BCUT2D eigenvalue weighted by Crippen LogP contribution is 2.35. The third-order valence-corrected chi connectivity index (χ3v) is 7.20. The van der Waals surface area contributed by atoms with Gasteiger partial charge < -0.3 is 25.4 Å². The van der Waals surface area contributed by atoms with E-state index < -0.39 is 0 Å². The van der Waals surface area contributed by atoms with Crippen LogP contribution in [0.4, 0.5) is 11.4 Å². The molecule has 0 radical (unpaired) electrons. The maximum absolute atomic E-state index is 13.3. The van der Waals surface area contributed by atoms with Gasteiger partial charge in [0.2, 0.25) is 5.88 Å². The van der Waals surface area contributed by atoms with Crippen molar-refractivity contribution in [3.63, 3.8) is 0 Å². The Labute approximate surface area is 211 Å². The number of piperazine rings is 1. The van der Waals surface area contributed by atoms with Crippen LogP contribution in [-0.4, -0.2) is 58.8 Å². The average Bonchev–Trinajstić information content (AvgIpc) is 3.54. The number of para-hydroxylation sites is 1. The Kier molecular flexibility index (Phi) is 5.67. The standard InChI is InChI=1S/C26H24N6O3S/c1-35-17-7-6-16-14-32(25(34)19(16)12-17)26-30-22(15-36-26)24(33)29-21-13-28-20-5-3-2-4-18(20)23(21)31-10-8-27-9-11-31/h2-7,12-15,27,34H,8-11H2,1H3,(H,29,33). The van der Waals surface area contributed by atoms with E-state index in [9.17, 15) is 9.90 Å². The van der Waals surface area contributed by atoms with Gasteiger partial charge in [-0.2, -0.15) is 0 Å². The number of carbonyl (C=O) groups excluding carboxylic acids is 1. The number of fused-ring (bicyclic) bond motifs is 2. The molecule has 9 nitrogen and oxygen atoms in total. The van der Waals surface area contributed by atoms with Gasteiger partial charge in [0.15, 0.2) is 5.13 Å². The van der Waals surface area contributed by atoms with E-state index in [-0.39, 0.29) is 17.5 Å². The minimum Gasteiger partial charge on any atom is -0.497 e. The number of carbonyl (C=O) groups is 1. The fourth-order valence-electron chi connectivity index (χ4n) is 4.56. The van der Waals surface area contributed by atoms with E-state index in [0.29, 0.717) is 22.0 Å². The fraction of sp³-hybridized carbons (Fsp3) is 0.192. The third kappa shape index (κ3) is 3.90. The molecule has 1 aliphatic rings. The second-order valence-electron chi connectivity index (χ2n) is 8.52. The van der Waals surface area contributed by atoms with Crippen molar-refractivity contribution in [1.82, 2.24) is 19.9 Å². The van der Waals surface area contributed by atoms with Gasteiger partial charge in [0, 0.05) is 53.9 Å². The number of aromatic nitrogens is 3. The zero-order chi connectivity index (χ0) is 24.6. The Bertz CT molecular complexity index is 1590. The van der Waals surface area contributed by atoms with E-state index >= 15 is 0 Å². The predicted octanol–water partition coefficient (Wildman–Crippen LogP) is 4.01. The number of ether oxygens (including phenoxy) is 1. The lowest BCUT2D eigenvalue weighted by molar-refractivity contribution is 0.102. The molecule has 1 saturated heterocycles. The molecule has 3 N–H and O–H groups in total. The van der Waals surface area contributed by atoms with Crippen LogP contribution in [0.5, 0.6) is 11.6 Å². The molecule has 1 fully saturated rings. The first-order valence-electron chi connectivity index (χ1n) is 11.6. The van der Waals surface area contributed by atoms with Crippen LogP contribution in [0.3, 0.4) is 0 Å². The molecule has 1 amide bonds. The number of rotatable bonds is 5. The molecular weight excluding hydrogens is 476 g/mol. The van der Waals surface area contributed by atoms with Crippen LogP contribution < -0.4 is 20.3 Å². The number of hydrogen-bond donors (Lipinski definition) is 3. The molecule has 0 bridgehead atoms. The maximum atomic E-state index is 13.3. The maximum Gasteiger partial charge on any atom is 0.275 e. The number of thiazole rings is 1. The number of aromatic hydroxyl groups is 1. The Balaban J connectivity index is 1.32. The van der Waals surface area contributed by atoms with E-state index in [4.69, 9.17) is 4.74 Å². The largest absolute Gasteiger partial charge is 0.497 e. The number of amides is 1. The topological polar surface area (TPSA) is 105 Å². The van der Waals surface area contributed by atoms with Gasteiger partial charge in [-0.3, -0.25) is 14.3 Å². The molecule has 182 valence electrons. The molecule has 36 heavy (non-hydrogen) atoms. The van der Waals surface area contributed by atoms with Crippen molar-refractivity contribution in [2.24, 2.45) is 0 Å². The van der Waals surface area contributed by atoms with E-state index in [2.05, 4.69) is 25.5 Å². The van der Waals surface area contributed by atoms with Crippen molar-refractivity contribution in [3.8, 4) is 16.8 Å². The highest BCUT2D eigenvalue weighted by atomic mass is 32.1. The van der Waals surface area contributed by atoms with Crippen LogP contribution in [0.15, 0.2) is 60.2 Å². The van der Waals surface area contributed by atoms with Gasteiger partial charge in [0.05, 0.1) is 30.2 Å². The van der Waals surface area contributed by atoms with Gasteiger partial charge in [-0.1, -0.05) is 18.2 Å². The second-order valence-corrected chi connectivity index (χ2v) is 9.36. The zero-order valence-corrected chi connectivity index (χ0v) is 20.4. The van der Waals surface area contributed by atoms with Crippen LogP contribution in [0.25, 0.3) is 26.8 Å². The van der Waals surface area contributed by atoms with Crippen LogP contribution in [0, 0.1) is 0 Å². The summed E-state index contributed by atoms with van der Waals surface area (Å²) >= 11 is 1.28. The summed E-state index contributed by atoms with van der Waals surface area (Å²) in [4.78, 5) is 24.6. The Morgan fingerprint density at radius 3 is 2.83 bits per heavy atom. The summed E-state index contributed by atoms with van der Waals surface area (Å²) in [6.45, 7) is 3.42. The molecule has 0 saturated carbocycles. The molecule has 6 rings (SSSR count). The van der Waals surface area contributed by atoms with Crippen LogP contribution in [-0.2, 0) is 0 Å². The predicted molar refractivity (Wildman–Crippen MR) is 142 cm³/mol. The van der Waals surface area contributed by atoms with Crippen molar-refractivity contribution in [2.45, 2.75) is 0 Å². The molecular formula is C26H24N6O3S. The summed E-state index contributed by atoms with van der Waals surface area (Å²) in [5.74, 6) is 0.368. The summed E-state index contributed by atoms with van der Waals surface area (Å²) in [7, 11) is 1.58. The van der Waals surface area contributed by atoms with Crippen molar-refractivity contribution in [3.05, 3.63) is 65.9 Å². The van der Waals surface area contributed by atoms with E-state index in [0.717, 1.165) is 48.2 Å². The second kappa shape index (κ2) is 9.14. The van der Waals surface area contributed by atoms with Crippen molar-refractivity contribution in [1.29, 1.82) is 0 Å². The molecule has 0 spiro atoms. The molecule has 1 aliphatic heterocycles. The molecule has 3 aromatic heterocycles. The minimum absolute atomic E-state index is 0.0462. The number of nitrogens with zero attached hydrogens (tertiary/aromatic N) is 4. The summed E-state index contributed by atoms with van der Waals surface area (Å²) in [6, 6.07) is 13.4. The summed E-state index contributed by atoms with van der Waals surface area (Å²) in [5, 5.41) is 21.9. The molecule has 0 unspecified atom stereocenters. The SMILES string of the molecule is COc1ccc2cn(-c3nc(C(=O)Nc4cnc5ccccc5c4N4CCNCC4)cs3)c(O)c2c1. The lowest BCUT2D eigenvalue weighted by Crippen LogP contribution is -2.44. The summed E-state index contributed by atoms with van der Waals surface area (Å²) in [5.41, 5.74) is 2.77. The monoisotopic (exact) mass is 500 g/mol. The first-order chi connectivity index (χ1) is 17.6. The molecule has 5 aromatic rings. The number of methoxy groups -OCH3 is 1. The summed E-state index contributed by atoms with van der Waals surface area (Å²) < 4.78 is 6.84. The normalized spacial score (nSPS) is 13.9. The molecule has 4 heterocycles. The first kappa shape index (κ1) is 22.3. The molecule has 0 aliphatic carbocycles. The number of hydrogen-bond acceptors (Lipinski definition) is 8. The van der Waals surface area contributed by atoms with Gasteiger partial charge in [-0.05, 0) is 24.3 Å². The first-order valence-corrected chi connectivity index (χ1v) is 12.5. The van der Waals surface area contributed by atoms with Crippen molar-refractivity contribution >= 4 is 50.3 Å². The van der Waals surface area contributed by atoms with Crippen LogP contribution in [0.2, 0.25) is 0 Å². The number of pyridine rings is 1. The Hall–Kier alpha value is -4.15.